The molecule has 4 nitrogen and oxygen atoms in total. The van der Waals surface area contributed by atoms with Crippen LogP contribution in [0.1, 0.15) is 26.7 Å². The number of carbonyl (C=O) groups is 1. The van der Waals surface area contributed by atoms with Gasteiger partial charge in [-0.25, -0.2) is 5.48 Å². The molecule has 0 spiro atoms. The second-order valence-electron chi connectivity index (χ2n) is 3.48. The summed E-state index contributed by atoms with van der Waals surface area (Å²) >= 11 is 0. The molecule has 1 rings (SSSR count). The Morgan fingerprint density at radius 1 is 1.69 bits per heavy atom. The number of nitrogens with one attached hydrogen (secondary N) is 2. The minimum Gasteiger partial charge on any atom is -0.314 e. The summed E-state index contributed by atoms with van der Waals surface area (Å²) in [6, 6.07) is 0.436. The van der Waals surface area contributed by atoms with Crippen molar-refractivity contribution in [3.05, 3.63) is 0 Å². The van der Waals surface area contributed by atoms with Crippen molar-refractivity contribution in [2.45, 2.75) is 32.7 Å². The lowest BCUT2D eigenvalue weighted by molar-refractivity contribution is -0.138. The van der Waals surface area contributed by atoms with Crippen LogP contribution in [0, 0.1) is 5.92 Å². The van der Waals surface area contributed by atoms with Gasteiger partial charge in [-0.2, -0.15) is 0 Å². The fourth-order valence-electron chi connectivity index (χ4n) is 1.60. The zero-order valence-corrected chi connectivity index (χ0v) is 8.30. The Labute approximate surface area is 79.0 Å². The van der Waals surface area contributed by atoms with Crippen LogP contribution in [0.25, 0.3) is 0 Å². The molecule has 0 radical (unpaired) electrons. The summed E-state index contributed by atoms with van der Waals surface area (Å²) in [7, 11) is 0. The van der Waals surface area contributed by atoms with E-state index in [0.29, 0.717) is 12.6 Å². The maximum atomic E-state index is 11.4. The Morgan fingerprint density at radius 3 is 3.08 bits per heavy atom. The minimum absolute atomic E-state index is 0.0233. The van der Waals surface area contributed by atoms with Crippen LogP contribution in [0.2, 0.25) is 0 Å². The summed E-state index contributed by atoms with van der Waals surface area (Å²) in [6.45, 7) is 5.39. The van der Waals surface area contributed by atoms with Crippen molar-refractivity contribution < 1.29 is 9.63 Å². The molecule has 1 fully saturated rings. The van der Waals surface area contributed by atoms with E-state index < -0.39 is 0 Å². The largest absolute Gasteiger partial charge is 0.314 e. The topological polar surface area (TPSA) is 50.4 Å². The highest BCUT2D eigenvalue weighted by atomic mass is 16.6. The van der Waals surface area contributed by atoms with Crippen LogP contribution in [0.3, 0.4) is 0 Å². The number of hydroxylamine groups is 1. The summed E-state index contributed by atoms with van der Waals surface area (Å²) in [5.41, 5.74) is 2.46. The van der Waals surface area contributed by atoms with Gasteiger partial charge in [0.2, 0.25) is 5.91 Å². The number of carbonyl (C=O) groups excluding carboxylic acids is 1. The summed E-state index contributed by atoms with van der Waals surface area (Å²) in [5, 5.41) is 3.30. The molecule has 0 aromatic heterocycles. The van der Waals surface area contributed by atoms with Crippen LogP contribution >= 0.6 is 0 Å². The van der Waals surface area contributed by atoms with Crippen LogP contribution < -0.4 is 10.8 Å². The van der Waals surface area contributed by atoms with Gasteiger partial charge < -0.3 is 5.32 Å². The van der Waals surface area contributed by atoms with Gasteiger partial charge in [0.1, 0.15) is 0 Å². The third-order valence-electron chi connectivity index (χ3n) is 2.31. The third-order valence-corrected chi connectivity index (χ3v) is 2.31. The first-order valence-electron chi connectivity index (χ1n) is 4.89. The summed E-state index contributed by atoms with van der Waals surface area (Å²) < 4.78 is 0. The first-order valence-corrected chi connectivity index (χ1v) is 4.89. The minimum atomic E-state index is 0.0233. The SMILES string of the molecule is CCONC(=O)C1CCNC(C)C1. The molecule has 4 heteroatoms. The van der Waals surface area contributed by atoms with Gasteiger partial charge in [0.25, 0.3) is 0 Å². The van der Waals surface area contributed by atoms with E-state index in [4.69, 9.17) is 4.84 Å². The number of hydrogen-bond acceptors (Lipinski definition) is 3. The highest BCUT2D eigenvalue weighted by molar-refractivity contribution is 5.77. The van der Waals surface area contributed by atoms with Crippen molar-refractivity contribution in [1.82, 2.24) is 10.8 Å². The molecule has 2 unspecified atom stereocenters. The molecule has 0 aromatic rings. The fourth-order valence-corrected chi connectivity index (χ4v) is 1.60. The average Bonchev–Trinajstić information content (AvgIpc) is 2.14. The molecule has 0 saturated carbocycles. The first-order chi connectivity index (χ1) is 6.24. The molecule has 1 aliphatic heterocycles. The van der Waals surface area contributed by atoms with E-state index in [9.17, 15) is 4.79 Å². The van der Waals surface area contributed by atoms with E-state index in [-0.39, 0.29) is 11.8 Å². The number of rotatable bonds is 3. The number of piperidine rings is 1. The Hall–Kier alpha value is -0.610. The van der Waals surface area contributed by atoms with Crippen LogP contribution in [-0.4, -0.2) is 25.1 Å². The van der Waals surface area contributed by atoms with Crippen molar-refractivity contribution in [2.24, 2.45) is 5.92 Å². The lowest BCUT2D eigenvalue weighted by Gasteiger charge is -2.26. The molecule has 76 valence electrons. The van der Waals surface area contributed by atoms with Crippen molar-refractivity contribution in [3.63, 3.8) is 0 Å². The summed E-state index contributed by atoms with van der Waals surface area (Å²) in [6.07, 6.45) is 1.81. The molecule has 0 bridgehead atoms. The summed E-state index contributed by atoms with van der Waals surface area (Å²) in [4.78, 5) is 16.3. The Kier molecular flexibility index (Phi) is 4.18. The molecule has 2 N–H and O–H groups in total. The van der Waals surface area contributed by atoms with Crippen molar-refractivity contribution >= 4 is 5.91 Å². The van der Waals surface area contributed by atoms with E-state index in [1.54, 1.807) is 0 Å². The quantitative estimate of drug-likeness (QED) is 0.629. The van der Waals surface area contributed by atoms with Crippen molar-refractivity contribution in [1.29, 1.82) is 0 Å². The zero-order chi connectivity index (χ0) is 9.68. The Morgan fingerprint density at radius 2 is 2.46 bits per heavy atom. The standard InChI is InChI=1S/C9H18N2O2/c1-3-13-11-9(12)8-4-5-10-7(2)6-8/h7-8,10H,3-6H2,1-2H3,(H,11,12). The molecule has 0 aromatic carbocycles. The van der Waals surface area contributed by atoms with E-state index >= 15 is 0 Å². The first kappa shape index (κ1) is 10.5. The molecular weight excluding hydrogens is 168 g/mol. The molecule has 1 aliphatic rings. The predicted molar refractivity (Wildman–Crippen MR) is 50.0 cm³/mol. The molecule has 13 heavy (non-hydrogen) atoms. The van der Waals surface area contributed by atoms with E-state index in [2.05, 4.69) is 17.7 Å². The van der Waals surface area contributed by atoms with Crippen LogP contribution in [-0.2, 0) is 9.63 Å². The van der Waals surface area contributed by atoms with Gasteiger partial charge in [-0.15, -0.1) is 0 Å². The second kappa shape index (κ2) is 5.19. The van der Waals surface area contributed by atoms with Gasteiger partial charge in [-0.1, -0.05) is 0 Å². The van der Waals surface area contributed by atoms with E-state index in [1.807, 2.05) is 6.92 Å². The highest BCUT2D eigenvalue weighted by Gasteiger charge is 2.24. The van der Waals surface area contributed by atoms with E-state index in [1.165, 1.54) is 0 Å². The maximum absolute atomic E-state index is 11.4. The van der Waals surface area contributed by atoms with E-state index in [0.717, 1.165) is 19.4 Å². The van der Waals surface area contributed by atoms with Crippen LogP contribution in [0.5, 0.6) is 0 Å². The maximum Gasteiger partial charge on any atom is 0.246 e. The molecule has 1 amide bonds. The van der Waals surface area contributed by atoms with Crippen LogP contribution in [0.4, 0.5) is 0 Å². The normalized spacial score (nSPS) is 28.5. The number of hydrogen-bond donors (Lipinski definition) is 2. The Bertz CT molecular complexity index is 173. The molecule has 1 heterocycles. The van der Waals surface area contributed by atoms with Gasteiger partial charge in [0, 0.05) is 12.0 Å². The summed E-state index contributed by atoms with van der Waals surface area (Å²) in [5.74, 6) is 0.137. The van der Waals surface area contributed by atoms with Gasteiger partial charge in [0.15, 0.2) is 0 Å². The van der Waals surface area contributed by atoms with Crippen LogP contribution in [0.15, 0.2) is 0 Å². The molecule has 2 atom stereocenters. The predicted octanol–water partition coefficient (Wildman–Crippen LogP) is 0.442. The zero-order valence-electron chi connectivity index (χ0n) is 8.30. The lowest BCUT2D eigenvalue weighted by atomic mass is 9.93. The molecule has 1 saturated heterocycles. The third kappa shape index (κ3) is 3.32. The molecule has 0 aliphatic carbocycles. The van der Waals surface area contributed by atoms with Gasteiger partial charge in [0.05, 0.1) is 6.61 Å². The number of amides is 1. The average molecular weight is 186 g/mol. The molecular formula is C9H18N2O2. The fraction of sp³-hybridized carbons (Fsp3) is 0.889. The van der Waals surface area contributed by atoms with Crippen molar-refractivity contribution in [3.8, 4) is 0 Å². The van der Waals surface area contributed by atoms with Gasteiger partial charge in [-0.05, 0) is 33.2 Å². The smallest absolute Gasteiger partial charge is 0.246 e. The van der Waals surface area contributed by atoms with Gasteiger partial charge in [-0.3, -0.25) is 9.63 Å². The highest BCUT2D eigenvalue weighted by Crippen LogP contribution is 2.15. The monoisotopic (exact) mass is 186 g/mol. The Balaban J connectivity index is 2.28. The second-order valence-corrected chi connectivity index (χ2v) is 3.48. The van der Waals surface area contributed by atoms with Crippen molar-refractivity contribution in [2.75, 3.05) is 13.2 Å². The van der Waals surface area contributed by atoms with Gasteiger partial charge >= 0.3 is 0 Å². The lowest BCUT2D eigenvalue weighted by Crippen LogP contribution is -2.42.